The molecule has 11 heteroatoms. The fraction of sp³-hybridized carbons (Fsp3) is 0.516. The lowest BCUT2D eigenvalue weighted by atomic mass is 9.81. The Morgan fingerprint density at radius 3 is 2.43 bits per heavy atom. The van der Waals surface area contributed by atoms with Crippen molar-refractivity contribution in [3.8, 4) is 5.75 Å². The van der Waals surface area contributed by atoms with Crippen LogP contribution in [0, 0.1) is 25.2 Å². The number of pyridine rings is 1. The molecule has 3 aromatic rings. The van der Waals surface area contributed by atoms with Gasteiger partial charge in [0, 0.05) is 53.4 Å². The Balaban J connectivity index is 1.35. The van der Waals surface area contributed by atoms with E-state index in [9.17, 15) is 27.6 Å². The van der Waals surface area contributed by atoms with E-state index in [0.29, 0.717) is 35.4 Å². The molecule has 8 nitrogen and oxygen atoms in total. The molecular formula is C31H36F3N3O5. The third kappa shape index (κ3) is 5.01. The fourth-order valence-electron chi connectivity index (χ4n) is 6.55. The van der Waals surface area contributed by atoms with Crippen LogP contribution in [0.25, 0.3) is 10.9 Å². The zero-order chi connectivity index (χ0) is 30.4. The van der Waals surface area contributed by atoms with Crippen molar-refractivity contribution in [2.75, 3.05) is 33.4 Å². The normalized spacial score (nSPS) is 18.1. The average Bonchev–Trinajstić information content (AvgIpc) is 3.21. The molecule has 1 N–H and O–H groups in total. The lowest BCUT2D eigenvalue weighted by Crippen LogP contribution is -2.63. The number of halogens is 3. The van der Waals surface area contributed by atoms with Crippen molar-refractivity contribution in [1.29, 1.82) is 0 Å². The summed E-state index contributed by atoms with van der Waals surface area (Å²) in [6.07, 6.45) is -3.20. The third-order valence-electron chi connectivity index (χ3n) is 9.05. The van der Waals surface area contributed by atoms with Crippen LogP contribution >= 0.6 is 0 Å². The fourth-order valence-corrected chi connectivity index (χ4v) is 6.55. The molecule has 1 atom stereocenters. The predicted octanol–water partition coefficient (Wildman–Crippen LogP) is 5.15. The lowest BCUT2D eigenvalue weighted by molar-refractivity contribution is -0.293. The first-order valence-corrected chi connectivity index (χ1v) is 14.2. The summed E-state index contributed by atoms with van der Waals surface area (Å²) in [5.41, 5.74) is 0.701. The van der Waals surface area contributed by atoms with Gasteiger partial charge < -0.3 is 23.9 Å². The van der Waals surface area contributed by atoms with Gasteiger partial charge in [0.2, 0.25) is 5.91 Å². The van der Waals surface area contributed by atoms with Gasteiger partial charge in [-0.05, 0) is 58.1 Å². The largest absolute Gasteiger partial charge is 0.496 e. The number of methoxy groups -OCH3 is 1. The number of amides is 1. The molecule has 2 aliphatic heterocycles. The first kappa shape index (κ1) is 29.9. The number of likely N-dealkylation sites (tertiary alicyclic amines) is 1. The molecule has 2 aromatic heterocycles. The summed E-state index contributed by atoms with van der Waals surface area (Å²) in [7, 11) is 1.50. The van der Waals surface area contributed by atoms with Gasteiger partial charge in [0.05, 0.1) is 25.9 Å². The zero-order valence-corrected chi connectivity index (χ0v) is 24.3. The minimum absolute atomic E-state index is 0.0580. The van der Waals surface area contributed by atoms with E-state index in [1.807, 2.05) is 31.2 Å². The van der Waals surface area contributed by atoms with E-state index in [0.717, 1.165) is 16.6 Å². The number of carbonyl (C=O) groups excluding carboxylic acids is 2. The van der Waals surface area contributed by atoms with Gasteiger partial charge in [-0.1, -0.05) is 18.2 Å². The summed E-state index contributed by atoms with van der Waals surface area (Å²) in [6.45, 7) is 4.96. The Morgan fingerprint density at radius 1 is 1.17 bits per heavy atom. The highest BCUT2D eigenvalue weighted by atomic mass is 19.4. The van der Waals surface area contributed by atoms with Crippen LogP contribution in [-0.4, -0.2) is 65.7 Å². The summed E-state index contributed by atoms with van der Waals surface area (Å²) in [4.78, 5) is 43.2. The van der Waals surface area contributed by atoms with Crippen LogP contribution in [-0.2, 0) is 16.0 Å². The van der Waals surface area contributed by atoms with Crippen LogP contribution in [0.3, 0.4) is 0 Å². The SMILES string of the molecule is COc1cc(C)[nH]c(=O)c1CCC(=O)c1c(C)n([C@H](C)C2CCN(C(=O)C3(C(F)(F)F)COC3)CC2)c2ccccc12. The molecule has 226 valence electrons. The van der Waals surface area contributed by atoms with Crippen molar-refractivity contribution < 1.29 is 32.2 Å². The number of piperidine rings is 1. The van der Waals surface area contributed by atoms with E-state index in [1.54, 1.807) is 13.0 Å². The number of ether oxygens (including phenoxy) is 2. The molecule has 5 rings (SSSR count). The van der Waals surface area contributed by atoms with Crippen molar-refractivity contribution >= 4 is 22.6 Å². The van der Waals surface area contributed by atoms with Crippen molar-refractivity contribution in [2.24, 2.45) is 11.3 Å². The van der Waals surface area contributed by atoms with Crippen LogP contribution in [0.1, 0.15) is 59.5 Å². The number of ketones is 1. The van der Waals surface area contributed by atoms with Gasteiger partial charge in [-0.15, -0.1) is 0 Å². The van der Waals surface area contributed by atoms with Crippen molar-refractivity contribution in [1.82, 2.24) is 14.5 Å². The minimum atomic E-state index is -4.64. The Kier molecular flexibility index (Phi) is 8.00. The number of aromatic nitrogens is 2. The highest BCUT2D eigenvalue weighted by Gasteiger charge is 2.66. The highest BCUT2D eigenvalue weighted by molar-refractivity contribution is 6.09. The van der Waals surface area contributed by atoms with E-state index in [2.05, 4.69) is 16.5 Å². The maximum absolute atomic E-state index is 13.7. The number of aromatic amines is 1. The second kappa shape index (κ2) is 11.2. The van der Waals surface area contributed by atoms with Crippen LogP contribution in [0.4, 0.5) is 13.2 Å². The van der Waals surface area contributed by atoms with Crippen LogP contribution < -0.4 is 10.3 Å². The number of Topliss-reactive ketones (excluding diaryl/α,β-unsaturated/α-hetero) is 1. The van der Waals surface area contributed by atoms with Gasteiger partial charge in [0.1, 0.15) is 5.75 Å². The lowest BCUT2D eigenvalue weighted by Gasteiger charge is -2.45. The summed E-state index contributed by atoms with van der Waals surface area (Å²) in [5.74, 6) is -0.432. The molecule has 0 spiro atoms. The molecule has 42 heavy (non-hydrogen) atoms. The molecule has 0 bridgehead atoms. The van der Waals surface area contributed by atoms with Crippen molar-refractivity contribution in [3.05, 3.63) is 63.2 Å². The molecule has 1 amide bonds. The summed E-state index contributed by atoms with van der Waals surface area (Å²) in [5, 5.41) is 0.821. The number of para-hydroxylation sites is 1. The number of fused-ring (bicyclic) bond motifs is 1. The molecule has 2 aliphatic rings. The van der Waals surface area contributed by atoms with Gasteiger partial charge in [-0.2, -0.15) is 13.2 Å². The molecule has 1 aromatic carbocycles. The second-order valence-corrected chi connectivity index (χ2v) is 11.5. The third-order valence-corrected chi connectivity index (χ3v) is 9.05. The Morgan fingerprint density at radius 2 is 1.83 bits per heavy atom. The maximum Gasteiger partial charge on any atom is 0.407 e. The van der Waals surface area contributed by atoms with E-state index in [4.69, 9.17) is 9.47 Å². The molecule has 2 fully saturated rings. The van der Waals surface area contributed by atoms with Gasteiger partial charge in [0.15, 0.2) is 11.2 Å². The molecule has 0 aliphatic carbocycles. The summed E-state index contributed by atoms with van der Waals surface area (Å²) < 4.78 is 53.4. The number of hydrogen-bond donors (Lipinski definition) is 1. The number of rotatable bonds is 8. The number of carbonyl (C=O) groups is 2. The maximum atomic E-state index is 13.7. The van der Waals surface area contributed by atoms with Crippen LogP contribution in [0.2, 0.25) is 0 Å². The molecular weight excluding hydrogens is 551 g/mol. The number of nitrogens with one attached hydrogen (secondary N) is 1. The number of benzene rings is 1. The number of alkyl halides is 3. The van der Waals surface area contributed by atoms with Gasteiger partial charge >= 0.3 is 6.18 Å². The minimum Gasteiger partial charge on any atom is -0.496 e. The topological polar surface area (TPSA) is 93.6 Å². The Hall–Kier alpha value is -3.60. The van der Waals surface area contributed by atoms with Gasteiger partial charge in [0.25, 0.3) is 5.56 Å². The average molecular weight is 588 g/mol. The quantitative estimate of drug-likeness (QED) is 0.368. The molecule has 0 saturated carbocycles. The van der Waals surface area contributed by atoms with Crippen molar-refractivity contribution in [3.63, 3.8) is 0 Å². The zero-order valence-electron chi connectivity index (χ0n) is 24.3. The molecule has 4 heterocycles. The molecule has 0 unspecified atom stereocenters. The molecule has 0 radical (unpaired) electrons. The Labute approximate surface area is 241 Å². The Bertz CT molecular complexity index is 1560. The predicted molar refractivity (Wildman–Crippen MR) is 151 cm³/mol. The number of aryl methyl sites for hydroxylation is 1. The summed E-state index contributed by atoms with van der Waals surface area (Å²) >= 11 is 0. The van der Waals surface area contributed by atoms with Gasteiger partial charge in [-0.3, -0.25) is 14.4 Å². The number of H-pyrrole nitrogens is 1. The van der Waals surface area contributed by atoms with E-state index in [-0.39, 0.29) is 49.2 Å². The first-order chi connectivity index (χ1) is 19.9. The summed E-state index contributed by atoms with van der Waals surface area (Å²) in [6, 6.07) is 9.35. The first-order valence-electron chi connectivity index (χ1n) is 14.2. The number of hydrogen-bond acceptors (Lipinski definition) is 5. The smallest absolute Gasteiger partial charge is 0.407 e. The second-order valence-electron chi connectivity index (χ2n) is 11.5. The number of nitrogens with zero attached hydrogens (tertiary/aromatic N) is 2. The molecule has 2 saturated heterocycles. The van der Waals surface area contributed by atoms with Gasteiger partial charge in [-0.25, -0.2) is 0 Å². The van der Waals surface area contributed by atoms with Crippen LogP contribution in [0.15, 0.2) is 35.1 Å². The van der Waals surface area contributed by atoms with E-state index < -0.39 is 30.7 Å². The monoisotopic (exact) mass is 587 g/mol. The van der Waals surface area contributed by atoms with E-state index >= 15 is 0 Å². The standard InChI is InChI=1S/C31H36F3N3O5/c1-18-15-26(41-4)23(28(39)35-18)9-10-25(38)27-20(3)37(24-8-6-5-7-22(24)27)19(2)21-11-13-36(14-12-21)29(40)30(16-42-17-30)31(32,33)34/h5-8,15,19,21H,9-14,16-17H2,1-4H3,(H,35,39)/t19-/m1/s1. The van der Waals surface area contributed by atoms with Crippen LogP contribution in [0.5, 0.6) is 5.75 Å². The van der Waals surface area contributed by atoms with E-state index in [1.165, 1.54) is 12.0 Å². The van der Waals surface area contributed by atoms with Crippen molar-refractivity contribution in [2.45, 2.75) is 58.7 Å². The highest BCUT2D eigenvalue weighted by Crippen LogP contribution is 2.46.